The molecule has 2 N–H and O–H groups in total. The summed E-state index contributed by atoms with van der Waals surface area (Å²) in [7, 11) is 1.36. The van der Waals surface area contributed by atoms with E-state index in [9.17, 15) is 4.79 Å². The van der Waals surface area contributed by atoms with Crippen LogP contribution in [-0.2, 0) is 17.8 Å². The Balaban J connectivity index is 1.85. The van der Waals surface area contributed by atoms with Gasteiger partial charge in [0.25, 0.3) is 0 Å². The number of nitrogens with one attached hydrogen (secondary N) is 2. The molecule has 2 aromatic heterocycles. The van der Waals surface area contributed by atoms with E-state index in [-0.39, 0.29) is 5.97 Å². The standard InChI is InChI=1S/C13H17N3O3/c1-8-9(2)19-12(15-8)7-14-6-10-4-5-11(16-10)13(17)18-3/h4-5,14,16H,6-7H2,1-3H3. The number of methoxy groups -OCH3 is 1. The summed E-state index contributed by atoms with van der Waals surface area (Å²) in [6.45, 7) is 4.94. The smallest absolute Gasteiger partial charge is 0.354 e. The number of rotatable bonds is 5. The Labute approximate surface area is 111 Å². The Morgan fingerprint density at radius 1 is 1.42 bits per heavy atom. The van der Waals surface area contributed by atoms with Crippen molar-refractivity contribution in [2.75, 3.05) is 7.11 Å². The van der Waals surface area contributed by atoms with Crippen LogP contribution in [0.15, 0.2) is 16.5 Å². The molecule has 0 radical (unpaired) electrons. The third kappa shape index (κ3) is 3.23. The van der Waals surface area contributed by atoms with E-state index in [4.69, 9.17) is 4.42 Å². The highest BCUT2D eigenvalue weighted by atomic mass is 16.5. The molecule has 19 heavy (non-hydrogen) atoms. The van der Waals surface area contributed by atoms with Crippen LogP contribution in [0.5, 0.6) is 0 Å². The molecule has 0 spiro atoms. The summed E-state index contributed by atoms with van der Waals surface area (Å²) in [5, 5.41) is 3.19. The Hall–Kier alpha value is -2.08. The number of H-pyrrole nitrogens is 1. The number of aromatic nitrogens is 2. The maximum absolute atomic E-state index is 11.3. The molecule has 102 valence electrons. The van der Waals surface area contributed by atoms with E-state index in [0.717, 1.165) is 17.1 Å². The van der Waals surface area contributed by atoms with Crippen molar-refractivity contribution in [3.63, 3.8) is 0 Å². The fourth-order valence-corrected chi connectivity index (χ4v) is 1.69. The molecule has 0 fully saturated rings. The molecular weight excluding hydrogens is 246 g/mol. The Bertz CT molecular complexity index is 552. The lowest BCUT2D eigenvalue weighted by atomic mass is 10.4. The molecule has 2 rings (SSSR count). The predicted octanol–water partition coefficient (Wildman–Crippen LogP) is 1.70. The molecule has 0 amide bonds. The number of aromatic amines is 1. The lowest BCUT2D eigenvalue weighted by Crippen LogP contribution is -2.13. The number of hydrogen-bond donors (Lipinski definition) is 2. The zero-order valence-corrected chi connectivity index (χ0v) is 11.2. The van der Waals surface area contributed by atoms with Gasteiger partial charge in [-0.05, 0) is 26.0 Å². The number of esters is 1. The minimum atomic E-state index is -0.370. The Morgan fingerprint density at radius 3 is 2.84 bits per heavy atom. The van der Waals surface area contributed by atoms with E-state index in [2.05, 4.69) is 20.0 Å². The molecule has 0 atom stereocenters. The van der Waals surface area contributed by atoms with Crippen LogP contribution in [-0.4, -0.2) is 23.0 Å². The van der Waals surface area contributed by atoms with Gasteiger partial charge in [0.1, 0.15) is 11.5 Å². The first kappa shape index (κ1) is 13.4. The second kappa shape index (κ2) is 5.71. The van der Waals surface area contributed by atoms with Gasteiger partial charge in [0, 0.05) is 12.2 Å². The molecule has 2 heterocycles. The molecule has 2 aromatic rings. The summed E-state index contributed by atoms with van der Waals surface area (Å²) < 4.78 is 10.1. The summed E-state index contributed by atoms with van der Waals surface area (Å²) in [5.41, 5.74) is 2.26. The van der Waals surface area contributed by atoms with E-state index in [1.165, 1.54) is 7.11 Å². The van der Waals surface area contributed by atoms with Crippen LogP contribution in [0.4, 0.5) is 0 Å². The van der Waals surface area contributed by atoms with Crippen LogP contribution in [0.25, 0.3) is 0 Å². The van der Waals surface area contributed by atoms with E-state index in [1.54, 1.807) is 6.07 Å². The molecule has 0 saturated carbocycles. The fraction of sp³-hybridized carbons (Fsp3) is 0.385. The van der Waals surface area contributed by atoms with E-state index in [0.29, 0.717) is 24.7 Å². The molecule has 0 unspecified atom stereocenters. The summed E-state index contributed by atoms with van der Waals surface area (Å²) in [5.74, 6) is 1.13. The monoisotopic (exact) mass is 263 g/mol. The minimum Gasteiger partial charge on any atom is -0.464 e. The van der Waals surface area contributed by atoms with Crippen LogP contribution in [0, 0.1) is 13.8 Å². The van der Waals surface area contributed by atoms with Crippen molar-refractivity contribution in [1.29, 1.82) is 0 Å². The second-order valence-corrected chi connectivity index (χ2v) is 4.24. The number of ether oxygens (including phenoxy) is 1. The van der Waals surface area contributed by atoms with Crippen LogP contribution in [0.1, 0.15) is 33.5 Å². The maximum atomic E-state index is 11.3. The van der Waals surface area contributed by atoms with Gasteiger partial charge >= 0.3 is 5.97 Å². The van der Waals surface area contributed by atoms with Gasteiger partial charge in [-0.15, -0.1) is 0 Å². The highest BCUT2D eigenvalue weighted by Crippen LogP contribution is 2.08. The maximum Gasteiger partial charge on any atom is 0.354 e. The number of carbonyl (C=O) groups is 1. The average molecular weight is 263 g/mol. The number of nitrogens with zero attached hydrogens (tertiary/aromatic N) is 1. The van der Waals surface area contributed by atoms with Crippen LogP contribution >= 0.6 is 0 Å². The van der Waals surface area contributed by atoms with E-state index >= 15 is 0 Å². The molecule has 0 aliphatic carbocycles. The van der Waals surface area contributed by atoms with E-state index < -0.39 is 0 Å². The number of aryl methyl sites for hydroxylation is 2. The summed E-state index contributed by atoms with van der Waals surface area (Å²) >= 11 is 0. The first-order valence-electron chi connectivity index (χ1n) is 6.00. The van der Waals surface area contributed by atoms with Crippen LogP contribution in [0.2, 0.25) is 0 Å². The molecule has 0 aliphatic rings. The van der Waals surface area contributed by atoms with Crippen molar-refractivity contribution in [3.8, 4) is 0 Å². The average Bonchev–Trinajstić information content (AvgIpc) is 2.97. The molecule has 0 aliphatic heterocycles. The van der Waals surface area contributed by atoms with Crippen molar-refractivity contribution in [2.24, 2.45) is 0 Å². The minimum absolute atomic E-state index is 0.370. The lowest BCUT2D eigenvalue weighted by Gasteiger charge is -2.00. The summed E-state index contributed by atoms with van der Waals surface area (Å²) in [6.07, 6.45) is 0. The van der Waals surface area contributed by atoms with Gasteiger partial charge in [-0.1, -0.05) is 0 Å². The summed E-state index contributed by atoms with van der Waals surface area (Å²) in [4.78, 5) is 18.5. The third-order valence-electron chi connectivity index (χ3n) is 2.82. The summed E-state index contributed by atoms with van der Waals surface area (Å²) in [6, 6.07) is 3.54. The number of oxazole rings is 1. The third-order valence-corrected chi connectivity index (χ3v) is 2.82. The van der Waals surface area contributed by atoms with Gasteiger partial charge in [0.15, 0.2) is 0 Å². The fourth-order valence-electron chi connectivity index (χ4n) is 1.69. The first-order chi connectivity index (χ1) is 9.10. The predicted molar refractivity (Wildman–Crippen MR) is 68.7 cm³/mol. The van der Waals surface area contributed by atoms with Crippen LogP contribution in [0.3, 0.4) is 0 Å². The first-order valence-corrected chi connectivity index (χ1v) is 6.00. The quantitative estimate of drug-likeness (QED) is 0.802. The zero-order chi connectivity index (χ0) is 13.8. The molecule has 0 bridgehead atoms. The van der Waals surface area contributed by atoms with Gasteiger partial charge in [-0.25, -0.2) is 9.78 Å². The normalized spacial score (nSPS) is 10.7. The van der Waals surface area contributed by atoms with Crippen molar-refractivity contribution >= 4 is 5.97 Å². The molecular formula is C13H17N3O3. The topological polar surface area (TPSA) is 80.2 Å². The molecule has 6 heteroatoms. The van der Waals surface area contributed by atoms with Crippen molar-refractivity contribution in [2.45, 2.75) is 26.9 Å². The highest BCUT2D eigenvalue weighted by molar-refractivity contribution is 5.87. The van der Waals surface area contributed by atoms with E-state index in [1.807, 2.05) is 19.9 Å². The van der Waals surface area contributed by atoms with Gasteiger partial charge in [0.05, 0.1) is 19.3 Å². The highest BCUT2D eigenvalue weighted by Gasteiger charge is 2.08. The number of hydrogen-bond acceptors (Lipinski definition) is 5. The molecule has 0 saturated heterocycles. The zero-order valence-electron chi connectivity index (χ0n) is 11.2. The van der Waals surface area contributed by atoms with Gasteiger partial charge in [-0.2, -0.15) is 0 Å². The van der Waals surface area contributed by atoms with Crippen LogP contribution < -0.4 is 5.32 Å². The van der Waals surface area contributed by atoms with Gasteiger partial charge < -0.3 is 19.5 Å². The van der Waals surface area contributed by atoms with Gasteiger partial charge in [-0.3, -0.25) is 0 Å². The Kier molecular flexibility index (Phi) is 4.01. The van der Waals surface area contributed by atoms with Crippen molar-refractivity contribution < 1.29 is 13.9 Å². The SMILES string of the molecule is COC(=O)c1ccc(CNCc2nc(C)c(C)o2)[nH]1. The second-order valence-electron chi connectivity index (χ2n) is 4.24. The van der Waals surface area contributed by atoms with Gasteiger partial charge in [0.2, 0.25) is 5.89 Å². The lowest BCUT2D eigenvalue weighted by molar-refractivity contribution is 0.0594. The largest absolute Gasteiger partial charge is 0.464 e. The molecule has 6 nitrogen and oxygen atoms in total. The Morgan fingerprint density at radius 2 is 2.21 bits per heavy atom. The van der Waals surface area contributed by atoms with Crippen molar-refractivity contribution in [1.82, 2.24) is 15.3 Å². The number of carbonyl (C=O) groups excluding carboxylic acids is 1. The van der Waals surface area contributed by atoms with Crippen molar-refractivity contribution in [3.05, 3.63) is 40.9 Å². The molecule has 0 aromatic carbocycles.